The van der Waals surface area contributed by atoms with E-state index in [0.717, 1.165) is 4.31 Å². The Morgan fingerprint density at radius 2 is 1.63 bits per heavy atom. The minimum Gasteiger partial charge on any atom is -0.486 e. The summed E-state index contributed by atoms with van der Waals surface area (Å²) in [4.78, 5) is 28.5. The van der Waals surface area contributed by atoms with Gasteiger partial charge in [0.15, 0.2) is 11.5 Å². The van der Waals surface area contributed by atoms with Crippen LogP contribution in [-0.2, 0) is 26.2 Å². The molecule has 2 amide bonds. The number of fused-ring (bicyclic) bond motifs is 1. The first-order valence-corrected chi connectivity index (χ1v) is 15.0. The van der Waals surface area contributed by atoms with Gasteiger partial charge in [0.05, 0.1) is 10.6 Å². The van der Waals surface area contributed by atoms with Crippen LogP contribution >= 0.6 is 0 Å². The number of nitrogens with one attached hydrogen (secondary N) is 1. The molecular formula is C30H34FN3O6S. The Morgan fingerprint density at radius 1 is 0.951 bits per heavy atom. The van der Waals surface area contributed by atoms with Crippen LogP contribution in [0.25, 0.3) is 0 Å². The highest BCUT2D eigenvalue weighted by Gasteiger charge is 2.34. The number of ether oxygens (including phenoxy) is 2. The van der Waals surface area contributed by atoms with Crippen molar-refractivity contribution in [1.82, 2.24) is 10.2 Å². The second-order valence-corrected chi connectivity index (χ2v) is 11.4. The van der Waals surface area contributed by atoms with Gasteiger partial charge >= 0.3 is 0 Å². The van der Waals surface area contributed by atoms with E-state index in [2.05, 4.69) is 5.32 Å². The predicted octanol–water partition coefficient (Wildman–Crippen LogP) is 4.13. The van der Waals surface area contributed by atoms with Crippen molar-refractivity contribution in [1.29, 1.82) is 0 Å². The second kappa shape index (κ2) is 13.5. The SMILES string of the molecule is CCCNC(=O)[C@H](CC)N(Cc1ccc(F)cc1)C(=O)CN(c1ccc2c(c1)OCCO2)S(=O)(=O)c1ccccc1. The average molecular weight is 584 g/mol. The molecule has 1 aliphatic rings. The van der Waals surface area contributed by atoms with Crippen LogP contribution in [0.5, 0.6) is 11.5 Å². The molecule has 218 valence electrons. The van der Waals surface area contributed by atoms with E-state index in [9.17, 15) is 22.4 Å². The van der Waals surface area contributed by atoms with Crippen molar-refractivity contribution in [2.75, 3.05) is 30.6 Å². The number of hydrogen-bond donors (Lipinski definition) is 1. The van der Waals surface area contributed by atoms with Gasteiger partial charge in [-0.2, -0.15) is 0 Å². The summed E-state index contributed by atoms with van der Waals surface area (Å²) in [6.07, 6.45) is 0.999. The largest absolute Gasteiger partial charge is 0.486 e. The third-order valence-corrected chi connectivity index (χ3v) is 8.41. The van der Waals surface area contributed by atoms with Crippen LogP contribution in [0.2, 0.25) is 0 Å². The standard InChI is InChI=1S/C30H34FN3O6S/c1-3-16-32-30(36)26(4-2)33(20-22-10-12-23(31)13-11-22)29(35)21-34(41(37,38)25-8-6-5-7-9-25)24-14-15-27-28(19-24)40-18-17-39-27/h5-15,19,26H,3-4,16-18,20-21H2,1-2H3,(H,32,36)/t26-/m0/s1. The van der Waals surface area contributed by atoms with E-state index in [0.29, 0.717) is 43.2 Å². The summed E-state index contributed by atoms with van der Waals surface area (Å²) < 4.78 is 53.7. The van der Waals surface area contributed by atoms with Gasteiger partial charge in [0, 0.05) is 19.2 Å². The molecule has 1 heterocycles. The summed E-state index contributed by atoms with van der Waals surface area (Å²) in [7, 11) is -4.22. The van der Waals surface area contributed by atoms with Crippen molar-refractivity contribution < 1.29 is 31.9 Å². The average Bonchev–Trinajstić information content (AvgIpc) is 2.99. The second-order valence-electron chi connectivity index (χ2n) is 9.52. The molecule has 0 aliphatic carbocycles. The van der Waals surface area contributed by atoms with Crippen LogP contribution in [-0.4, -0.2) is 57.5 Å². The van der Waals surface area contributed by atoms with Gasteiger partial charge in [-0.3, -0.25) is 13.9 Å². The van der Waals surface area contributed by atoms with Crippen LogP contribution in [0.3, 0.4) is 0 Å². The Hall–Kier alpha value is -4.12. The number of sulfonamides is 1. The van der Waals surface area contributed by atoms with E-state index >= 15 is 0 Å². The zero-order chi connectivity index (χ0) is 29.4. The Labute approximate surface area is 239 Å². The minimum absolute atomic E-state index is 0.000467. The molecular weight excluding hydrogens is 549 g/mol. The number of hydrogen-bond acceptors (Lipinski definition) is 6. The first kappa shape index (κ1) is 29.9. The van der Waals surface area contributed by atoms with Gasteiger partial charge in [0.25, 0.3) is 10.0 Å². The smallest absolute Gasteiger partial charge is 0.264 e. The maximum absolute atomic E-state index is 14.1. The van der Waals surface area contributed by atoms with Crippen LogP contribution in [0.15, 0.2) is 77.7 Å². The van der Waals surface area contributed by atoms with Gasteiger partial charge < -0.3 is 19.7 Å². The van der Waals surface area contributed by atoms with E-state index in [4.69, 9.17) is 9.47 Å². The Morgan fingerprint density at radius 3 is 2.29 bits per heavy atom. The molecule has 0 saturated heterocycles. The number of benzene rings is 3. The summed E-state index contributed by atoms with van der Waals surface area (Å²) >= 11 is 0. The van der Waals surface area contributed by atoms with E-state index in [1.807, 2.05) is 6.92 Å². The van der Waals surface area contributed by atoms with Gasteiger partial charge in [-0.25, -0.2) is 12.8 Å². The van der Waals surface area contributed by atoms with Crippen molar-refractivity contribution in [2.24, 2.45) is 0 Å². The molecule has 0 bridgehead atoms. The Balaban J connectivity index is 1.74. The molecule has 0 unspecified atom stereocenters. The van der Waals surface area contributed by atoms with Crippen molar-refractivity contribution in [3.8, 4) is 11.5 Å². The van der Waals surface area contributed by atoms with E-state index in [-0.39, 0.29) is 29.5 Å². The monoisotopic (exact) mass is 583 g/mol. The zero-order valence-corrected chi connectivity index (χ0v) is 23.9. The van der Waals surface area contributed by atoms with Crippen LogP contribution in [0.4, 0.5) is 10.1 Å². The van der Waals surface area contributed by atoms with Gasteiger partial charge in [0.2, 0.25) is 11.8 Å². The molecule has 41 heavy (non-hydrogen) atoms. The number of halogens is 1. The van der Waals surface area contributed by atoms with E-state index in [1.54, 1.807) is 37.3 Å². The summed E-state index contributed by atoms with van der Waals surface area (Å²) in [6.45, 7) is 4.19. The third kappa shape index (κ3) is 7.15. The molecule has 1 N–H and O–H groups in total. The molecule has 0 radical (unpaired) electrons. The summed E-state index contributed by atoms with van der Waals surface area (Å²) in [5, 5.41) is 2.83. The number of anilines is 1. The number of nitrogens with zero attached hydrogens (tertiary/aromatic N) is 2. The fraction of sp³-hybridized carbons (Fsp3) is 0.333. The van der Waals surface area contributed by atoms with Crippen molar-refractivity contribution in [3.05, 3.63) is 84.2 Å². The Bertz CT molecular complexity index is 1450. The lowest BCUT2D eigenvalue weighted by molar-refractivity contribution is -0.140. The van der Waals surface area contributed by atoms with Gasteiger partial charge in [-0.15, -0.1) is 0 Å². The van der Waals surface area contributed by atoms with E-state index < -0.39 is 34.3 Å². The lowest BCUT2D eigenvalue weighted by atomic mass is 10.1. The summed E-state index contributed by atoms with van der Waals surface area (Å²) in [5.41, 5.74) is 0.801. The van der Waals surface area contributed by atoms with Crippen LogP contribution in [0, 0.1) is 5.82 Å². The quantitative estimate of drug-likeness (QED) is 0.344. The highest BCUT2D eigenvalue weighted by atomic mass is 32.2. The molecule has 1 atom stereocenters. The van der Waals surface area contributed by atoms with Crippen molar-refractivity contribution >= 4 is 27.5 Å². The maximum Gasteiger partial charge on any atom is 0.264 e. The first-order valence-electron chi connectivity index (χ1n) is 13.5. The van der Waals surface area contributed by atoms with Gasteiger partial charge in [0.1, 0.15) is 31.6 Å². The summed E-state index contributed by atoms with van der Waals surface area (Å²) in [6, 6.07) is 17.2. The Kier molecular flexibility index (Phi) is 9.82. The minimum atomic E-state index is -4.22. The topological polar surface area (TPSA) is 105 Å². The molecule has 0 fully saturated rings. The van der Waals surface area contributed by atoms with Crippen molar-refractivity contribution in [3.63, 3.8) is 0 Å². The predicted molar refractivity (Wildman–Crippen MR) is 153 cm³/mol. The molecule has 0 aromatic heterocycles. The summed E-state index contributed by atoms with van der Waals surface area (Å²) in [5.74, 6) is -0.537. The fourth-order valence-corrected chi connectivity index (χ4v) is 5.93. The molecule has 0 spiro atoms. The fourth-order valence-electron chi connectivity index (χ4n) is 4.51. The molecule has 11 heteroatoms. The highest BCUT2D eigenvalue weighted by Crippen LogP contribution is 2.36. The molecule has 0 saturated carbocycles. The highest BCUT2D eigenvalue weighted by molar-refractivity contribution is 7.92. The lowest BCUT2D eigenvalue weighted by Crippen LogP contribution is -2.52. The van der Waals surface area contributed by atoms with Crippen LogP contribution < -0.4 is 19.1 Å². The zero-order valence-electron chi connectivity index (χ0n) is 23.1. The number of amides is 2. The first-order chi connectivity index (χ1) is 19.7. The molecule has 3 aromatic rings. The number of carbonyl (C=O) groups is 2. The maximum atomic E-state index is 14.1. The third-order valence-electron chi connectivity index (χ3n) is 6.63. The number of rotatable bonds is 12. The molecule has 3 aromatic carbocycles. The lowest BCUT2D eigenvalue weighted by Gasteiger charge is -2.33. The normalized spacial score (nSPS) is 13.2. The van der Waals surface area contributed by atoms with Gasteiger partial charge in [-0.1, -0.05) is 44.2 Å². The molecule has 4 rings (SSSR count). The molecule has 1 aliphatic heterocycles. The van der Waals surface area contributed by atoms with Gasteiger partial charge in [-0.05, 0) is 54.8 Å². The van der Waals surface area contributed by atoms with E-state index in [1.165, 1.54) is 47.4 Å². The molecule has 9 nitrogen and oxygen atoms in total. The van der Waals surface area contributed by atoms with Crippen molar-refractivity contribution in [2.45, 2.75) is 44.2 Å². The number of carbonyl (C=O) groups excluding carboxylic acids is 2. The van der Waals surface area contributed by atoms with Crippen LogP contribution in [0.1, 0.15) is 32.3 Å².